The monoisotopic (exact) mass is 345 g/mol. The topological polar surface area (TPSA) is 83.8 Å². The van der Waals surface area contributed by atoms with Crippen LogP contribution in [0.3, 0.4) is 0 Å². The first kappa shape index (κ1) is 18.5. The van der Waals surface area contributed by atoms with Crippen LogP contribution < -0.4 is 15.4 Å². The maximum Gasteiger partial charge on any atom is 0.238 e. The van der Waals surface area contributed by atoms with Crippen LogP contribution >= 0.6 is 0 Å². The summed E-state index contributed by atoms with van der Waals surface area (Å²) >= 11 is 0. The van der Waals surface area contributed by atoms with Crippen LogP contribution in [0.2, 0.25) is 0 Å². The summed E-state index contributed by atoms with van der Waals surface area (Å²) in [5.74, 6) is 1.08. The van der Waals surface area contributed by atoms with Crippen molar-refractivity contribution in [1.29, 1.82) is 0 Å². The van der Waals surface area contributed by atoms with Crippen LogP contribution in [0.25, 0.3) is 0 Å². The van der Waals surface area contributed by atoms with Crippen molar-refractivity contribution in [3.05, 3.63) is 48.4 Å². The number of methoxy groups -OCH3 is 1. The molecule has 1 aromatic carbocycles. The Kier molecular flexibility index (Phi) is 7.03. The maximum atomic E-state index is 12.1. The minimum Gasteiger partial charge on any atom is -0.497 e. The molecule has 2 rings (SSSR count). The average Bonchev–Trinajstić information content (AvgIpc) is 3.13. The fourth-order valence-electron chi connectivity index (χ4n) is 2.22. The number of anilines is 1. The fourth-order valence-corrected chi connectivity index (χ4v) is 2.22. The molecule has 0 bridgehead atoms. The van der Waals surface area contributed by atoms with E-state index in [0.29, 0.717) is 24.5 Å². The minimum atomic E-state index is -0.175. The Balaban J connectivity index is 1.77. The summed E-state index contributed by atoms with van der Waals surface area (Å²) in [4.78, 5) is 25.9. The highest BCUT2D eigenvalue weighted by Gasteiger charge is 2.13. The Bertz CT molecular complexity index is 668. The van der Waals surface area contributed by atoms with E-state index in [1.807, 2.05) is 6.92 Å². The van der Waals surface area contributed by atoms with Crippen molar-refractivity contribution in [1.82, 2.24) is 10.2 Å². The molecule has 2 aromatic rings. The summed E-state index contributed by atoms with van der Waals surface area (Å²) in [7, 11) is 1.59. The molecule has 0 aliphatic carbocycles. The van der Waals surface area contributed by atoms with Crippen molar-refractivity contribution in [2.24, 2.45) is 0 Å². The van der Waals surface area contributed by atoms with Gasteiger partial charge in [-0.2, -0.15) is 0 Å². The van der Waals surface area contributed by atoms with Crippen molar-refractivity contribution in [3.63, 3.8) is 0 Å². The van der Waals surface area contributed by atoms with Gasteiger partial charge in [0.15, 0.2) is 0 Å². The van der Waals surface area contributed by atoms with E-state index in [0.717, 1.165) is 5.75 Å². The summed E-state index contributed by atoms with van der Waals surface area (Å²) in [6, 6.07) is 10.6. The number of ether oxygens (including phenoxy) is 1. The van der Waals surface area contributed by atoms with Gasteiger partial charge in [-0.1, -0.05) is 6.92 Å². The molecule has 0 radical (unpaired) electrons. The van der Waals surface area contributed by atoms with Gasteiger partial charge in [0.2, 0.25) is 11.8 Å². The fraction of sp³-hybridized carbons (Fsp3) is 0.333. The number of nitrogens with one attached hydrogen (secondary N) is 2. The van der Waals surface area contributed by atoms with Crippen LogP contribution in [-0.4, -0.2) is 43.5 Å². The molecule has 0 saturated carbocycles. The SMILES string of the molecule is CCN(CC(=O)NCc1ccco1)CC(=O)Nc1ccc(OC)cc1. The molecule has 2 amide bonds. The highest BCUT2D eigenvalue weighted by Crippen LogP contribution is 2.14. The number of rotatable bonds is 9. The lowest BCUT2D eigenvalue weighted by Gasteiger charge is -2.19. The van der Waals surface area contributed by atoms with Crippen LogP contribution in [0, 0.1) is 0 Å². The predicted molar refractivity (Wildman–Crippen MR) is 94.3 cm³/mol. The molecule has 0 atom stereocenters. The quantitative estimate of drug-likeness (QED) is 0.725. The van der Waals surface area contributed by atoms with Gasteiger partial charge in [0.05, 0.1) is 33.0 Å². The van der Waals surface area contributed by atoms with E-state index in [9.17, 15) is 9.59 Å². The van der Waals surface area contributed by atoms with E-state index in [-0.39, 0.29) is 24.9 Å². The number of nitrogens with zero attached hydrogens (tertiary/aromatic N) is 1. The maximum absolute atomic E-state index is 12.1. The Labute approximate surface area is 146 Å². The molecule has 7 nitrogen and oxygen atoms in total. The Morgan fingerprint density at radius 2 is 1.84 bits per heavy atom. The number of hydrogen-bond acceptors (Lipinski definition) is 5. The van der Waals surface area contributed by atoms with E-state index < -0.39 is 0 Å². The summed E-state index contributed by atoms with van der Waals surface area (Å²) < 4.78 is 10.2. The van der Waals surface area contributed by atoms with Crippen LogP contribution in [0.5, 0.6) is 5.75 Å². The molecule has 0 aliphatic rings. The molecule has 2 N–H and O–H groups in total. The zero-order chi connectivity index (χ0) is 18.1. The van der Waals surface area contributed by atoms with E-state index in [1.54, 1.807) is 54.7 Å². The Morgan fingerprint density at radius 1 is 1.12 bits per heavy atom. The van der Waals surface area contributed by atoms with Crippen molar-refractivity contribution < 1.29 is 18.7 Å². The summed E-state index contributed by atoms with van der Waals surface area (Å²) in [5.41, 5.74) is 0.684. The first-order valence-corrected chi connectivity index (χ1v) is 8.06. The van der Waals surface area contributed by atoms with Gasteiger partial charge < -0.3 is 19.8 Å². The van der Waals surface area contributed by atoms with Gasteiger partial charge in [-0.05, 0) is 42.9 Å². The zero-order valence-electron chi connectivity index (χ0n) is 14.5. The normalized spacial score (nSPS) is 10.5. The zero-order valence-corrected chi connectivity index (χ0v) is 14.5. The number of hydrogen-bond donors (Lipinski definition) is 2. The molecule has 0 aliphatic heterocycles. The third-order valence-electron chi connectivity index (χ3n) is 3.60. The number of amides is 2. The Morgan fingerprint density at radius 3 is 2.44 bits per heavy atom. The number of furan rings is 1. The van der Waals surface area contributed by atoms with Gasteiger partial charge in [0.1, 0.15) is 11.5 Å². The summed E-state index contributed by atoms with van der Waals surface area (Å²) in [6.07, 6.45) is 1.56. The van der Waals surface area contributed by atoms with Crippen molar-refractivity contribution >= 4 is 17.5 Å². The van der Waals surface area contributed by atoms with Crippen molar-refractivity contribution in [2.75, 3.05) is 32.1 Å². The molecule has 1 aromatic heterocycles. The molecule has 7 heteroatoms. The second-order valence-electron chi connectivity index (χ2n) is 5.44. The molecule has 25 heavy (non-hydrogen) atoms. The molecular weight excluding hydrogens is 322 g/mol. The molecule has 0 spiro atoms. The molecule has 0 fully saturated rings. The van der Waals surface area contributed by atoms with E-state index in [4.69, 9.17) is 9.15 Å². The smallest absolute Gasteiger partial charge is 0.238 e. The highest BCUT2D eigenvalue weighted by atomic mass is 16.5. The molecule has 0 saturated heterocycles. The van der Waals surface area contributed by atoms with Crippen LogP contribution in [-0.2, 0) is 16.1 Å². The largest absolute Gasteiger partial charge is 0.497 e. The number of carbonyl (C=O) groups excluding carboxylic acids is 2. The lowest BCUT2D eigenvalue weighted by atomic mass is 10.3. The van der Waals surface area contributed by atoms with Crippen LogP contribution in [0.15, 0.2) is 47.1 Å². The molecule has 0 unspecified atom stereocenters. The third-order valence-corrected chi connectivity index (χ3v) is 3.60. The van der Waals surface area contributed by atoms with E-state index in [2.05, 4.69) is 10.6 Å². The van der Waals surface area contributed by atoms with E-state index >= 15 is 0 Å². The average molecular weight is 345 g/mol. The van der Waals surface area contributed by atoms with Crippen molar-refractivity contribution in [3.8, 4) is 5.75 Å². The predicted octanol–water partition coefficient (Wildman–Crippen LogP) is 1.86. The number of benzene rings is 1. The van der Waals surface area contributed by atoms with Gasteiger partial charge >= 0.3 is 0 Å². The van der Waals surface area contributed by atoms with Crippen molar-refractivity contribution in [2.45, 2.75) is 13.5 Å². The molecular formula is C18H23N3O4. The first-order valence-electron chi connectivity index (χ1n) is 8.06. The van der Waals surface area contributed by atoms with Gasteiger partial charge in [0, 0.05) is 5.69 Å². The van der Waals surface area contributed by atoms with E-state index in [1.165, 1.54) is 0 Å². The van der Waals surface area contributed by atoms with Crippen LogP contribution in [0.4, 0.5) is 5.69 Å². The van der Waals surface area contributed by atoms with Gasteiger partial charge in [0.25, 0.3) is 0 Å². The third kappa shape index (κ3) is 6.31. The lowest BCUT2D eigenvalue weighted by molar-refractivity contribution is -0.123. The first-order chi connectivity index (χ1) is 12.1. The van der Waals surface area contributed by atoms with Gasteiger partial charge in [-0.15, -0.1) is 0 Å². The minimum absolute atomic E-state index is 0.136. The molecule has 134 valence electrons. The van der Waals surface area contributed by atoms with Gasteiger partial charge in [-0.25, -0.2) is 0 Å². The summed E-state index contributed by atoms with van der Waals surface area (Å²) in [5, 5.41) is 5.57. The Hall–Kier alpha value is -2.80. The second kappa shape index (κ2) is 9.48. The standard InChI is InChI=1S/C18H23N3O4/c1-3-21(12-17(22)19-11-16-5-4-10-25-16)13-18(23)20-14-6-8-15(24-2)9-7-14/h4-10H,3,11-13H2,1-2H3,(H,19,22)(H,20,23). The number of likely N-dealkylation sites (N-methyl/N-ethyl adjacent to an activating group) is 1. The highest BCUT2D eigenvalue weighted by molar-refractivity contribution is 5.92. The van der Waals surface area contributed by atoms with Crippen LogP contribution in [0.1, 0.15) is 12.7 Å². The summed E-state index contributed by atoms with van der Waals surface area (Å²) in [6.45, 7) is 3.11. The van der Waals surface area contributed by atoms with Gasteiger partial charge in [-0.3, -0.25) is 14.5 Å². The number of carbonyl (C=O) groups is 2. The molecule has 1 heterocycles. The lowest BCUT2D eigenvalue weighted by Crippen LogP contribution is -2.40. The second-order valence-corrected chi connectivity index (χ2v) is 5.44.